The molecule has 3 aromatic carbocycles. The molecule has 0 fully saturated rings. The van der Waals surface area contributed by atoms with E-state index in [-0.39, 0.29) is 16.8 Å². The molecule has 150 valence electrons. The van der Waals surface area contributed by atoms with Crippen molar-refractivity contribution in [1.29, 1.82) is 0 Å². The van der Waals surface area contributed by atoms with E-state index in [0.717, 1.165) is 21.0 Å². The lowest BCUT2D eigenvalue weighted by Crippen LogP contribution is -2.30. The Labute approximate surface area is 172 Å². The van der Waals surface area contributed by atoms with Gasteiger partial charge in [-0.25, -0.2) is 12.7 Å². The number of aryl methyl sites for hydroxylation is 1. The van der Waals surface area contributed by atoms with Gasteiger partial charge in [-0.2, -0.15) is 0 Å². The molecule has 0 aromatic heterocycles. The van der Waals surface area contributed by atoms with Crippen LogP contribution in [0.4, 0.5) is 0 Å². The summed E-state index contributed by atoms with van der Waals surface area (Å²) in [5.41, 5.74) is 3.30. The van der Waals surface area contributed by atoms with Crippen LogP contribution in [0.5, 0.6) is 0 Å². The van der Waals surface area contributed by atoms with Crippen molar-refractivity contribution in [3.05, 3.63) is 101 Å². The Morgan fingerprint density at radius 1 is 0.897 bits per heavy atom. The molecule has 5 nitrogen and oxygen atoms in total. The largest absolute Gasteiger partial charge is 0.341 e. The van der Waals surface area contributed by atoms with Crippen LogP contribution in [0.2, 0.25) is 0 Å². The number of carbonyl (C=O) groups excluding carboxylic acids is 1. The molecule has 1 amide bonds. The summed E-state index contributed by atoms with van der Waals surface area (Å²) in [6.07, 6.45) is 0. The van der Waals surface area contributed by atoms with Crippen LogP contribution in [0.15, 0.2) is 83.8 Å². The number of nitrogens with zero attached hydrogens (tertiary/aromatic N) is 1. The minimum absolute atomic E-state index is 0.0855. The molecule has 0 aliphatic heterocycles. The zero-order chi connectivity index (χ0) is 21.0. The van der Waals surface area contributed by atoms with E-state index in [4.69, 9.17) is 0 Å². The summed E-state index contributed by atoms with van der Waals surface area (Å²) in [6, 6.07) is 23.3. The number of hydrogen-bond acceptors (Lipinski definition) is 3. The van der Waals surface area contributed by atoms with Crippen molar-refractivity contribution < 1.29 is 13.2 Å². The van der Waals surface area contributed by atoms with Crippen molar-refractivity contribution in [3.8, 4) is 0 Å². The average molecular weight is 409 g/mol. The van der Waals surface area contributed by atoms with Crippen molar-refractivity contribution in [2.24, 2.45) is 0 Å². The summed E-state index contributed by atoms with van der Waals surface area (Å²) in [5, 5.41) is 3.07. The second-order valence-corrected chi connectivity index (χ2v) is 9.14. The molecule has 0 saturated heterocycles. The predicted molar refractivity (Wildman–Crippen MR) is 114 cm³/mol. The second kappa shape index (κ2) is 8.59. The van der Waals surface area contributed by atoms with E-state index in [2.05, 4.69) is 5.32 Å². The monoisotopic (exact) mass is 408 g/mol. The molecule has 6 heteroatoms. The van der Waals surface area contributed by atoms with E-state index >= 15 is 0 Å². The summed E-state index contributed by atoms with van der Waals surface area (Å²) >= 11 is 0. The van der Waals surface area contributed by atoms with Gasteiger partial charge in [-0.15, -0.1) is 0 Å². The summed E-state index contributed by atoms with van der Waals surface area (Å²) in [7, 11) is -0.691. The molecule has 0 aliphatic rings. The Bertz CT molecular complexity index is 1110. The maximum Gasteiger partial charge on any atom is 0.252 e. The Balaban J connectivity index is 1.97. The van der Waals surface area contributed by atoms with Crippen LogP contribution in [-0.2, 0) is 10.0 Å². The van der Waals surface area contributed by atoms with Gasteiger partial charge < -0.3 is 5.32 Å². The Kier molecular flexibility index (Phi) is 6.15. The van der Waals surface area contributed by atoms with Gasteiger partial charge in [0.2, 0.25) is 10.0 Å². The second-order valence-electron chi connectivity index (χ2n) is 6.99. The molecule has 0 unspecified atom stereocenters. The number of hydrogen-bond donors (Lipinski definition) is 1. The number of nitrogens with one attached hydrogen (secondary N) is 1. The van der Waals surface area contributed by atoms with Gasteiger partial charge in [-0.3, -0.25) is 4.79 Å². The summed E-state index contributed by atoms with van der Waals surface area (Å²) in [4.78, 5) is 13.1. The smallest absolute Gasteiger partial charge is 0.252 e. The van der Waals surface area contributed by atoms with Crippen LogP contribution in [0.25, 0.3) is 0 Å². The number of benzene rings is 3. The summed E-state index contributed by atoms with van der Waals surface area (Å²) < 4.78 is 26.0. The molecular weight excluding hydrogens is 384 g/mol. The maximum atomic E-state index is 13.0. The molecule has 0 heterocycles. The highest BCUT2D eigenvalue weighted by atomic mass is 32.2. The van der Waals surface area contributed by atoms with Gasteiger partial charge in [0, 0.05) is 19.7 Å². The highest BCUT2D eigenvalue weighted by molar-refractivity contribution is 7.89. The number of sulfonamides is 1. The summed E-state index contributed by atoms with van der Waals surface area (Å²) in [6.45, 7) is 2.00. The Morgan fingerprint density at radius 3 is 2.21 bits per heavy atom. The van der Waals surface area contributed by atoms with Gasteiger partial charge in [0.1, 0.15) is 0 Å². The SMILES string of the molecule is Cc1ccccc1[C@H](NC(=O)c1cccc(S(=O)(=O)N(C)C)c1)c1ccccc1. The fraction of sp³-hybridized carbons (Fsp3) is 0.174. The van der Waals surface area contributed by atoms with E-state index < -0.39 is 10.0 Å². The zero-order valence-electron chi connectivity index (χ0n) is 16.7. The molecule has 3 rings (SSSR count). The third-order valence-corrected chi connectivity index (χ3v) is 6.59. The minimum atomic E-state index is -3.62. The molecular formula is C23H24N2O3S. The number of amides is 1. The summed E-state index contributed by atoms with van der Waals surface area (Å²) in [5.74, 6) is -0.335. The predicted octanol–water partition coefficient (Wildman–Crippen LogP) is 3.76. The first-order chi connectivity index (χ1) is 13.8. The van der Waals surface area contributed by atoms with E-state index in [1.165, 1.54) is 26.2 Å². The van der Waals surface area contributed by atoms with Crippen LogP contribution >= 0.6 is 0 Å². The standard InChI is InChI=1S/C23H24N2O3S/c1-17-10-7-8-15-21(17)22(18-11-5-4-6-12-18)24-23(26)19-13-9-14-20(16-19)29(27,28)25(2)3/h4-16,22H,1-3H3,(H,24,26)/t22-/m1/s1. The Morgan fingerprint density at radius 2 is 1.55 bits per heavy atom. The lowest BCUT2D eigenvalue weighted by atomic mass is 9.94. The van der Waals surface area contributed by atoms with E-state index in [1.807, 2.05) is 61.5 Å². The lowest BCUT2D eigenvalue weighted by Gasteiger charge is -2.22. The van der Waals surface area contributed by atoms with Crippen LogP contribution in [0.1, 0.15) is 33.1 Å². The normalized spacial score (nSPS) is 12.6. The van der Waals surface area contributed by atoms with Crippen molar-refractivity contribution in [2.45, 2.75) is 17.9 Å². The average Bonchev–Trinajstić information content (AvgIpc) is 2.73. The fourth-order valence-corrected chi connectivity index (χ4v) is 4.07. The topological polar surface area (TPSA) is 66.5 Å². The third-order valence-electron chi connectivity index (χ3n) is 4.78. The molecule has 0 bridgehead atoms. The van der Waals surface area contributed by atoms with Gasteiger partial charge in [0.15, 0.2) is 0 Å². The molecule has 3 aromatic rings. The van der Waals surface area contributed by atoms with E-state index in [1.54, 1.807) is 12.1 Å². The molecule has 0 radical (unpaired) electrons. The van der Waals surface area contributed by atoms with Gasteiger partial charge in [0.05, 0.1) is 10.9 Å². The van der Waals surface area contributed by atoms with Crippen LogP contribution in [0, 0.1) is 6.92 Å². The first-order valence-corrected chi connectivity index (χ1v) is 10.7. The molecule has 29 heavy (non-hydrogen) atoms. The maximum absolute atomic E-state index is 13.0. The number of carbonyl (C=O) groups is 1. The minimum Gasteiger partial charge on any atom is -0.341 e. The highest BCUT2D eigenvalue weighted by Crippen LogP contribution is 2.25. The van der Waals surface area contributed by atoms with Gasteiger partial charge in [-0.05, 0) is 41.8 Å². The number of rotatable bonds is 6. The van der Waals surface area contributed by atoms with Gasteiger partial charge in [0.25, 0.3) is 5.91 Å². The lowest BCUT2D eigenvalue weighted by molar-refractivity contribution is 0.0942. The van der Waals surface area contributed by atoms with Crippen LogP contribution in [-0.4, -0.2) is 32.7 Å². The molecule has 0 aliphatic carbocycles. The van der Waals surface area contributed by atoms with E-state index in [0.29, 0.717) is 5.56 Å². The zero-order valence-corrected chi connectivity index (χ0v) is 17.5. The fourth-order valence-electron chi connectivity index (χ4n) is 3.12. The van der Waals surface area contributed by atoms with Crippen LogP contribution < -0.4 is 5.32 Å². The Hall–Kier alpha value is -2.96. The first-order valence-electron chi connectivity index (χ1n) is 9.24. The van der Waals surface area contributed by atoms with Crippen molar-refractivity contribution in [3.63, 3.8) is 0 Å². The third kappa shape index (κ3) is 4.55. The van der Waals surface area contributed by atoms with Crippen molar-refractivity contribution in [1.82, 2.24) is 9.62 Å². The van der Waals surface area contributed by atoms with Crippen molar-refractivity contribution in [2.75, 3.05) is 14.1 Å². The molecule has 0 spiro atoms. The molecule has 0 saturated carbocycles. The molecule has 1 atom stereocenters. The highest BCUT2D eigenvalue weighted by Gasteiger charge is 2.22. The van der Waals surface area contributed by atoms with Gasteiger partial charge in [-0.1, -0.05) is 60.7 Å². The first kappa shape index (κ1) is 20.8. The van der Waals surface area contributed by atoms with Crippen LogP contribution in [0.3, 0.4) is 0 Å². The van der Waals surface area contributed by atoms with E-state index in [9.17, 15) is 13.2 Å². The van der Waals surface area contributed by atoms with Gasteiger partial charge >= 0.3 is 0 Å². The van der Waals surface area contributed by atoms with Crippen molar-refractivity contribution >= 4 is 15.9 Å². The molecule has 1 N–H and O–H groups in total. The quantitative estimate of drug-likeness (QED) is 0.675.